The number of rotatable bonds is 7. The molecule has 3 nitrogen and oxygen atoms in total. The summed E-state index contributed by atoms with van der Waals surface area (Å²) >= 11 is 0. The van der Waals surface area contributed by atoms with E-state index in [-0.39, 0.29) is 0 Å². The quantitative estimate of drug-likeness (QED) is 0.154. The van der Waals surface area contributed by atoms with Gasteiger partial charge in [0, 0.05) is 38.4 Å². The number of fused-ring (bicyclic) bond motifs is 3. The Balaban J connectivity index is 1.01. The number of benzene rings is 8. The van der Waals surface area contributed by atoms with Gasteiger partial charge in [-0.1, -0.05) is 194 Å². The number of para-hydroxylation sites is 1. The molecule has 0 saturated carbocycles. The van der Waals surface area contributed by atoms with Gasteiger partial charge in [-0.15, -0.1) is 0 Å². The van der Waals surface area contributed by atoms with E-state index in [1.807, 2.05) is 36.4 Å². The molecule has 2 aromatic heterocycles. The van der Waals surface area contributed by atoms with E-state index in [0.29, 0.717) is 5.82 Å². The fraction of sp³-hybridized carbons (Fsp3) is 0. The molecule has 56 heavy (non-hydrogen) atoms. The average molecular weight is 714 g/mol. The zero-order valence-electron chi connectivity index (χ0n) is 30.5. The molecule has 3 heteroatoms. The van der Waals surface area contributed by atoms with Gasteiger partial charge in [0.05, 0.1) is 22.6 Å². The Morgan fingerprint density at radius 3 is 1.41 bits per heavy atom. The van der Waals surface area contributed by atoms with Crippen molar-refractivity contribution in [3.05, 3.63) is 212 Å². The molecule has 0 aliphatic rings. The lowest BCUT2D eigenvalue weighted by molar-refractivity contribution is 1.18. The lowest BCUT2D eigenvalue weighted by atomic mass is 9.91. The number of hydrogen-bond acceptors (Lipinski definition) is 3. The van der Waals surface area contributed by atoms with E-state index in [9.17, 15) is 0 Å². The van der Waals surface area contributed by atoms with Crippen LogP contribution in [0.3, 0.4) is 0 Å². The van der Waals surface area contributed by atoms with Crippen molar-refractivity contribution < 1.29 is 0 Å². The molecule has 0 bridgehead atoms. The third-order valence-corrected chi connectivity index (χ3v) is 10.5. The summed E-state index contributed by atoms with van der Waals surface area (Å²) < 4.78 is 0. The van der Waals surface area contributed by atoms with Gasteiger partial charge < -0.3 is 0 Å². The molecule has 262 valence electrons. The highest BCUT2D eigenvalue weighted by Crippen LogP contribution is 2.40. The zero-order chi connectivity index (χ0) is 37.3. The second-order valence-electron chi connectivity index (χ2n) is 14.0. The van der Waals surface area contributed by atoms with E-state index in [1.54, 1.807) is 0 Å². The summed E-state index contributed by atoms with van der Waals surface area (Å²) in [6.45, 7) is 0. The molecule has 0 atom stereocenters. The molecule has 10 aromatic rings. The number of nitrogens with zero attached hydrogens (tertiary/aromatic N) is 3. The van der Waals surface area contributed by atoms with Crippen molar-refractivity contribution in [2.24, 2.45) is 0 Å². The highest BCUT2D eigenvalue weighted by atomic mass is 14.9. The van der Waals surface area contributed by atoms with Crippen molar-refractivity contribution in [3.8, 4) is 78.5 Å². The van der Waals surface area contributed by atoms with E-state index < -0.39 is 0 Å². The third kappa shape index (κ3) is 6.31. The Labute approximate surface area is 326 Å². The van der Waals surface area contributed by atoms with Crippen LogP contribution in [0, 0.1) is 0 Å². The standard InChI is InChI=1S/C53H35N3/c1-4-14-36(15-5-1)43-20-12-21-44(34-43)52-47-24-13-23-45(51(47)46-22-10-11-25-48(46)54-52)39-30-26-37(27-31-39)38-28-32-41(33-29-38)50-35-49(40-16-6-2-7-17-40)55-53(56-50)42-18-8-3-9-19-42/h1-35H. The highest BCUT2D eigenvalue weighted by Gasteiger charge is 2.16. The Morgan fingerprint density at radius 1 is 0.268 bits per heavy atom. The van der Waals surface area contributed by atoms with E-state index in [4.69, 9.17) is 15.0 Å². The van der Waals surface area contributed by atoms with Gasteiger partial charge in [-0.25, -0.2) is 15.0 Å². The van der Waals surface area contributed by atoms with Gasteiger partial charge in [0.1, 0.15) is 0 Å². The summed E-state index contributed by atoms with van der Waals surface area (Å²) in [4.78, 5) is 15.2. The molecule has 0 N–H and O–H groups in total. The van der Waals surface area contributed by atoms with Gasteiger partial charge in [-0.2, -0.15) is 0 Å². The summed E-state index contributed by atoms with van der Waals surface area (Å²) in [7, 11) is 0. The molecule has 0 saturated heterocycles. The van der Waals surface area contributed by atoms with Crippen LogP contribution in [-0.4, -0.2) is 15.0 Å². The lowest BCUT2D eigenvalue weighted by Crippen LogP contribution is -1.95. The van der Waals surface area contributed by atoms with Crippen LogP contribution in [-0.2, 0) is 0 Å². The first-order valence-electron chi connectivity index (χ1n) is 18.9. The van der Waals surface area contributed by atoms with Crippen molar-refractivity contribution in [1.82, 2.24) is 15.0 Å². The third-order valence-electron chi connectivity index (χ3n) is 10.5. The van der Waals surface area contributed by atoms with Crippen LogP contribution in [0.5, 0.6) is 0 Å². The van der Waals surface area contributed by atoms with Crippen molar-refractivity contribution in [2.75, 3.05) is 0 Å². The predicted octanol–water partition coefficient (Wildman–Crippen LogP) is 13.8. The molecular formula is C53H35N3. The average Bonchev–Trinajstić information content (AvgIpc) is 3.29. The van der Waals surface area contributed by atoms with Crippen LogP contribution in [0.2, 0.25) is 0 Å². The SMILES string of the molecule is c1ccc(-c2cccc(-c3nc4ccccc4c4c(-c5ccc(-c6ccc(-c7cc(-c8ccccc8)nc(-c8ccccc8)n7)cc6)cc5)cccc34)c2)cc1. The van der Waals surface area contributed by atoms with Gasteiger partial charge in [0.2, 0.25) is 0 Å². The summed E-state index contributed by atoms with van der Waals surface area (Å²) in [5.41, 5.74) is 15.0. The molecule has 8 aromatic carbocycles. The first kappa shape index (κ1) is 33.1. The minimum absolute atomic E-state index is 0.714. The topological polar surface area (TPSA) is 38.7 Å². The number of aromatic nitrogens is 3. The normalized spacial score (nSPS) is 11.2. The zero-order valence-corrected chi connectivity index (χ0v) is 30.5. The molecule has 0 aliphatic carbocycles. The van der Waals surface area contributed by atoms with Crippen molar-refractivity contribution in [2.45, 2.75) is 0 Å². The number of pyridine rings is 1. The first-order chi connectivity index (χ1) is 27.7. The fourth-order valence-electron chi connectivity index (χ4n) is 7.68. The van der Waals surface area contributed by atoms with E-state index >= 15 is 0 Å². The van der Waals surface area contributed by atoms with Gasteiger partial charge in [0.25, 0.3) is 0 Å². The summed E-state index contributed by atoms with van der Waals surface area (Å²) in [6.07, 6.45) is 0. The highest BCUT2D eigenvalue weighted by molar-refractivity contribution is 6.17. The monoisotopic (exact) mass is 713 g/mol. The minimum Gasteiger partial charge on any atom is -0.247 e. The summed E-state index contributed by atoms with van der Waals surface area (Å²) in [5.74, 6) is 0.714. The molecular weight excluding hydrogens is 679 g/mol. The maximum absolute atomic E-state index is 5.26. The second kappa shape index (κ2) is 14.4. The number of hydrogen-bond donors (Lipinski definition) is 0. The van der Waals surface area contributed by atoms with Crippen LogP contribution in [0.15, 0.2) is 212 Å². The molecule has 0 fully saturated rings. The molecule has 0 spiro atoms. The molecule has 0 radical (unpaired) electrons. The Hall–Kier alpha value is -7.49. The van der Waals surface area contributed by atoms with E-state index in [0.717, 1.165) is 66.8 Å². The summed E-state index contributed by atoms with van der Waals surface area (Å²) in [5, 5.41) is 3.50. The largest absolute Gasteiger partial charge is 0.247 e. The molecule has 10 rings (SSSR count). The van der Waals surface area contributed by atoms with Crippen molar-refractivity contribution in [3.63, 3.8) is 0 Å². The van der Waals surface area contributed by atoms with E-state index in [2.05, 4.69) is 176 Å². The Bertz CT molecular complexity index is 2920. The van der Waals surface area contributed by atoms with E-state index in [1.165, 1.54) is 27.6 Å². The minimum atomic E-state index is 0.714. The van der Waals surface area contributed by atoms with Gasteiger partial charge in [-0.05, 0) is 51.6 Å². The van der Waals surface area contributed by atoms with Crippen molar-refractivity contribution >= 4 is 21.7 Å². The fourth-order valence-corrected chi connectivity index (χ4v) is 7.68. The maximum atomic E-state index is 5.26. The second-order valence-corrected chi connectivity index (χ2v) is 14.0. The van der Waals surface area contributed by atoms with Crippen molar-refractivity contribution in [1.29, 1.82) is 0 Å². The lowest BCUT2D eigenvalue weighted by Gasteiger charge is -2.15. The molecule has 0 aliphatic heterocycles. The Morgan fingerprint density at radius 2 is 0.732 bits per heavy atom. The van der Waals surface area contributed by atoms with Gasteiger partial charge >= 0.3 is 0 Å². The van der Waals surface area contributed by atoms with Crippen LogP contribution in [0.4, 0.5) is 0 Å². The Kier molecular flexibility index (Phi) is 8.51. The summed E-state index contributed by atoms with van der Waals surface area (Å²) in [6, 6.07) is 74.5. The first-order valence-corrected chi connectivity index (χ1v) is 18.9. The molecule has 2 heterocycles. The molecule has 0 amide bonds. The van der Waals surface area contributed by atoms with Crippen LogP contribution in [0.25, 0.3) is 100 Å². The smallest absolute Gasteiger partial charge is 0.160 e. The van der Waals surface area contributed by atoms with Gasteiger partial charge in [0.15, 0.2) is 5.82 Å². The van der Waals surface area contributed by atoms with Crippen LogP contribution < -0.4 is 0 Å². The molecule has 0 unspecified atom stereocenters. The van der Waals surface area contributed by atoms with Gasteiger partial charge in [-0.3, -0.25) is 0 Å². The predicted molar refractivity (Wildman–Crippen MR) is 233 cm³/mol. The van der Waals surface area contributed by atoms with Crippen LogP contribution in [0.1, 0.15) is 0 Å². The van der Waals surface area contributed by atoms with Crippen LogP contribution >= 0.6 is 0 Å². The maximum Gasteiger partial charge on any atom is 0.160 e.